The van der Waals surface area contributed by atoms with Gasteiger partial charge in [0.2, 0.25) is 0 Å². The van der Waals surface area contributed by atoms with Crippen molar-refractivity contribution in [2.45, 2.75) is 45.2 Å². The third kappa shape index (κ3) is 2.76. The highest BCUT2D eigenvalue weighted by Gasteiger charge is 2.32. The molecule has 0 aliphatic carbocycles. The number of rotatable bonds is 4. The summed E-state index contributed by atoms with van der Waals surface area (Å²) in [7, 11) is 0. The maximum absolute atomic E-state index is 5.93. The van der Waals surface area contributed by atoms with E-state index in [2.05, 4.69) is 23.6 Å². The molecule has 2 aliphatic heterocycles. The van der Waals surface area contributed by atoms with Gasteiger partial charge >= 0.3 is 0 Å². The van der Waals surface area contributed by atoms with Crippen molar-refractivity contribution in [1.82, 2.24) is 9.80 Å². The molecule has 2 saturated heterocycles. The van der Waals surface area contributed by atoms with E-state index in [-0.39, 0.29) is 0 Å². The Hall–Kier alpha value is -0.120. The summed E-state index contributed by atoms with van der Waals surface area (Å²) in [6, 6.07) is 1.44. The van der Waals surface area contributed by atoms with Gasteiger partial charge < -0.3 is 5.73 Å². The smallest absolute Gasteiger partial charge is 0.0224 e. The molecule has 2 atom stereocenters. The van der Waals surface area contributed by atoms with Gasteiger partial charge in [0.25, 0.3) is 0 Å². The SMILES string of the molecule is CC(C)CC(CN)N1CCN2CCCC2C1. The molecule has 94 valence electrons. The second kappa shape index (κ2) is 5.48. The number of hydrogen-bond acceptors (Lipinski definition) is 3. The van der Waals surface area contributed by atoms with Crippen molar-refractivity contribution in [2.75, 3.05) is 32.7 Å². The molecule has 0 aromatic carbocycles. The third-order valence-corrected chi connectivity index (χ3v) is 4.15. The van der Waals surface area contributed by atoms with E-state index in [1.54, 1.807) is 0 Å². The fourth-order valence-electron chi connectivity index (χ4n) is 3.29. The molecular weight excluding hydrogens is 198 g/mol. The lowest BCUT2D eigenvalue weighted by atomic mass is 10.0. The van der Waals surface area contributed by atoms with Crippen LogP contribution in [-0.4, -0.2) is 54.6 Å². The molecule has 3 heteroatoms. The predicted molar refractivity (Wildman–Crippen MR) is 68.5 cm³/mol. The van der Waals surface area contributed by atoms with E-state index < -0.39 is 0 Å². The zero-order valence-electron chi connectivity index (χ0n) is 10.9. The van der Waals surface area contributed by atoms with Crippen LogP contribution in [0.4, 0.5) is 0 Å². The molecule has 2 unspecified atom stereocenters. The molecular formula is C13H27N3. The first-order valence-corrected chi connectivity index (χ1v) is 6.89. The average molecular weight is 225 g/mol. The van der Waals surface area contributed by atoms with Gasteiger partial charge in [-0.3, -0.25) is 9.80 Å². The third-order valence-electron chi connectivity index (χ3n) is 4.15. The summed E-state index contributed by atoms with van der Waals surface area (Å²) in [5.74, 6) is 0.759. The molecule has 0 bridgehead atoms. The summed E-state index contributed by atoms with van der Waals surface area (Å²) >= 11 is 0. The van der Waals surface area contributed by atoms with Crippen molar-refractivity contribution in [3.05, 3.63) is 0 Å². The van der Waals surface area contributed by atoms with Gasteiger partial charge in [0.05, 0.1) is 0 Å². The van der Waals surface area contributed by atoms with Gasteiger partial charge in [0.1, 0.15) is 0 Å². The Morgan fingerprint density at radius 2 is 2.06 bits per heavy atom. The van der Waals surface area contributed by atoms with Crippen LogP contribution in [0.25, 0.3) is 0 Å². The minimum atomic E-state index is 0.614. The van der Waals surface area contributed by atoms with Crippen molar-refractivity contribution in [3.8, 4) is 0 Å². The normalized spacial score (nSPS) is 29.6. The topological polar surface area (TPSA) is 32.5 Å². The van der Waals surface area contributed by atoms with Gasteiger partial charge in [0.15, 0.2) is 0 Å². The van der Waals surface area contributed by atoms with E-state index in [4.69, 9.17) is 5.73 Å². The summed E-state index contributed by atoms with van der Waals surface area (Å²) in [5, 5.41) is 0. The molecule has 2 aliphatic rings. The molecule has 0 spiro atoms. The van der Waals surface area contributed by atoms with Crippen LogP contribution in [0, 0.1) is 5.92 Å². The van der Waals surface area contributed by atoms with Crippen molar-refractivity contribution < 1.29 is 0 Å². The molecule has 0 aromatic heterocycles. The molecule has 16 heavy (non-hydrogen) atoms. The summed E-state index contributed by atoms with van der Waals surface area (Å²) in [5.41, 5.74) is 5.93. The van der Waals surface area contributed by atoms with Crippen LogP contribution in [0.2, 0.25) is 0 Å². The Labute approximate surface area is 100.0 Å². The minimum absolute atomic E-state index is 0.614. The quantitative estimate of drug-likeness (QED) is 0.779. The molecule has 2 heterocycles. The first-order valence-electron chi connectivity index (χ1n) is 6.89. The van der Waals surface area contributed by atoms with Crippen LogP contribution in [0.3, 0.4) is 0 Å². The van der Waals surface area contributed by atoms with Crippen molar-refractivity contribution >= 4 is 0 Å². The van der Waals surface area contributed by atoms with E-state index >= 15 is 0 Å². The van der Waals surface area contributed by atoms with Gasteiger partial charge in [-0.25, -0.2) is 0 Å². The maximum Gasteiger partial charge on any atom is 0.0224 e. The zero-order valence-corrected chi connectivity index (χ0v) is 10.9. The Morgan fingerprint density at radius 3 is 2.75 bits per heavy atom. The number of fused-ring (bicyclic) bond motifs is 1. The molecule has 3 nitrogen and oxygen atoms in total. The molecule has 0 amide bonds. The van der Waals surface area contributed by atoms with E-state index in [0.717, 1.165) is 18.5 Å². The second-order valence-electron chi connectivity index (χ2n) is 5.85. The monoisotopic (exact) mass is 225 g/mol. The molecule has 0 aromatic rings. The highest BCUT2D eigenvalue weighted by atomic mass is 15.3. The molecule has 2 N–H and O–H groups in total. The highest BCUT2D eigenvalue weighted by molar-refractivity contribution is 4.89. The van der Waals surface area contributed by atoms with E-state index in [1.807, 2.05) is 0 Å². The van der Waals surface area contributed by atoms with Crippen LogP contribution >= 0.6 is 0 Å². The van der Waals surface area contributed by atoms with E-state index in [1.165, 1.54) is 45.4 Å². The van der Waals surface area contributed by atoms with Crippen LogP contribution in [-0.2, 0) is 0 Å². The van der Waals surface area contributed by atoms with Crippen LogP contribution in [0.1, 0.15) is 33.1 Å². The summed E-state index contributed by atoms with van der Waals surface area (Å²) in [4.78, 5) is 5.31. The zero-order chi connectivity index (χ0) is 11.5. The maximum atomic E-state index is 5.93. The van der Waals surface area contributed by atoms with Gasteiger partial charge in [-0.05, 0) is 31.7 Å². The molecule has 2 rings (SSSR count). The first-order chi connectivity index (χ1) is 7.70. The highest BCUT2D eigenvalue weighted by Crippen LogP contribution is 2.23. The van der Waals surface area contributed by atoms with E-state index in [9.17, 15) is 0 Å². The summed E-state index contributed by atoms with van der Waals surface area (Å²) in [6.07, 6.45) is 4.05. The Balaban J connectivity index is 1.88. The van der Waals surface area contributed by atoms with Crippen LogP contribution < -0.4 is 5.73 Å². The number of nitrogens with zero attached hydrogens (tertiary/aromatic N) is 2. The van der Waals surface area contributed by atoms with Crippen LogP contribution in [0.5, 0.6) is 0 Å². The van der Waals surface area contributed by atoms with Gasteiger partial charge in [0, 0.05) is 38.3 Å². The summed E-state index contributed by atoms with van der Waals surface area (Å²) in [6.45, 7) is 10.5. The molecule has 0 radical (unpaired) electrons. The van der Waals surface area contributed by atoms with E-state index in [0.29, 0.717) is 6.04 Å². The Bertz CT molecular complexity index is 217. The van der Waals surface area contributed by atoms with Crippen molar-refractivity contribution in [1.29, 1.82) is 0 Å². The first kappa shape index (κ1) is 12.3. The average Bonchev–Trinajstić information content (AvgIpc) is 2.72. The number of nitrogens with two attached hydrogens (primary N) is 1. The minimum Gasteiger partial charge on any atom is -0.329 e. The number of piperazine rings is 1. The van der Waals surface area contributed by atoms with Gasteiger partial charge in [-0.2, -0.15) is 0 Å². The number of hydrogen-bond donors (Lipinski definition) is 1. The van der Waals surface area contributed by atoms with Crippen LogP contribution in [0.15, 0.2) is 0 Å². The lowest BCUT2D eigenvalue weighted by molar-refractivity contribution is 0.0666. The molecule has 0 saturated carbocycles. The predicted octanol–water partition coefficient (Wildman–Crippen LogP) is 1.14. The lowest BCUT2D eigenvalue weighted by Crippen LogP contribution is -2.55. The summed E-state index contributed by atoms with van der Waals surface area (Å²) < 4.78 is 0. The van der Waals surface area contributed by atoms with Gasteiger partial charge in [-0.15, -0.1) is 0 Å². The lowest BCUT2D eigenvalue weighted by Gasteiger charge is -2.41. The van der Waals surface area contributed by atoms with Crippen molar-refractivity contribution in [3.63, 3.8) is 0 Å². The second-order valence-corrected chi connectivity index (χ2v) is 5.85. The fourth-order valence-corrected chi connectivity index (χ4v) is 3.29. The molecule has 2 fully saturated rings. The van der Waals surface area contributed by atoms with Gasteiger partial charge in [-0.1, -0.05) is 13.8 Å². The fraction of sp³-hybridized carbons (Fsp3) is 1.00. The Morgan fingerprint density at radius 1 is 1.25 bits per heavy atom. The van der Waals surface area contributed by atoms with Crippen molar-refractivity contribution in [2.24, 2.45) is 11.7 Å². The Kier molecular flexibility index (Phi) is 4.22. The standard InChI is InChI=1S/C13H27N3/c1-11(2)8-13(9-14)16-7-6-15-5-3-4-12(15)10-16/h11-13H,3-10,14H2,1-2H3. The largest absolute Gasteiger partial charge is 0.329 e.